The van der Waals surface area contributed by atoms with E-state index in [9.17, 15) is 0 Å². The first kappa shape index (κ1) is 19.7. The van der Waals surface area contributed by atoms with E-state index in [-0.39, 0.29) is 0 Å². The number of thioether (sulfide) groups is 1. The van der Waals surface area contributed by atoms with Crippen LogP contribution in [-0.4, -0.2) is 46.4 Å². The quantitative estimate of drug-likeness (QED) is 0.248. The van der Waals surface area contributed by atoms with Crippen molar-refractivity contribution in [3.8, 4) is 0 Å². The highest BCUT2D eigenvalue weighted by atomic mass is 32.2. The second-order valence-electron chi connectivity index (χ2n) is 6.08. The monoisotopic (exact) mass is 402 g/mol. The van der Waals surface area contributed by atoms with Gasteiger partial charge in [-0.2, -0.15) is 0 Å². The molecule has 0 unspecified atom stereocenters. The van der Waals surface area contributed by atoms with E-state index in [1.54, 1.807) is 23.1 Å². The largest absolute Gasteiger partial charge is 0.356 e. The summed E-state index contributed by atoms with van der Waals surface area (Å²) in [5.41, 5.74) is 2.27. The molecule has 3 aromatic rings. The minimum absolute atomic E-state index is 0.862. The molecule has 0 aliphatic carbocycles. The fraction of sp³-hybridized carbons (Fsp3) is 0.421. The van der Waals surface area contributed by atoms with Crippen LogP contribution in [0.5, 0.6) is 0 Å². The first-order valence-electron chi connectivity index (χ1n) is 9.16. The molecule has 0 bridgehead atoms. The van der Waals surface area contributed by atoms with Gasteiger partial charge in [0, 0.05) is 44.0 Å². The number of guanidine groups is 1. The molecule has 0 fully saturated rings. The Morgan fingerprint density at radius 2 is 2.04 bits per heavy atom. The topological polar surface area (TPSA) is 67.1 Å². The molecule has 0 radical (unpaired) electrons. The van der Waals surface area contributed by atoms with Crippen LogP contribution in [-0.2, 0) is 6.54 Å². The van der Waals surface area contributed by atoms with Crippen LogP contribution in [0.2, 0.25) is 0 Å². The number of rotatable bonds is 9. The van der Waals surface area contributed by atoms with Gasteiger partial charge < -0.3 is 15.2 Å². The molecule has 0 aliphatic heterocycles. The van der Waals surface area contributed by atoms with Crippen molar-refractivity contribution in [1.29, 1.82) is 0 Å². The number of thiazole rings is 1. The molecule has 2 heterocycles. The Hall–Kier alpha value is -2.06. The summed E-state index contributed by atoms with van der Waals surface area (Å²) in [5.74, 6) is 2.99. The average Bonchev–Trinajstić information content (AvgIpc) is 3.30. The van der Waals surface area contributed by atoms with E-state index in [1.807, 2.05) is 24.7 Å². The first-order chi connectivity index (χ1) is 13.3. The Morgan fingerprint density at radius 1 is 1.22 bits per heavy atom. The van der Waals surface area contributed by atoms with Gasteiger partial charge in [-0.15, -0.1) is 11.3 Å². The third-order valence-corrected chi connectivity index (χ3v) is 6.22. The maximum atomic E-state index is 4.62. The number of aromatic nitrogens is 3. The lowest BCUT2D eigenvalue weighted by Gasteiger charge is -2.12. The molecule has 0 saturated carbocycles. The fourth-order valence-electron chi connectivity index (χ4n) is 2.86. The lowest BCUT2D eigenvalue weighted by molar-refractivity contribution is 0.624. The lowest BCUT2D eigenvalue weighted by Crippen LogP contribution is -2.38. The zero-order valence-electron chi connectivity index (χ0n) is 15.8. The number of nitrogens with one attached hydrogen (secondary N) is 2. The summed E-state index contributed by atoms with van der Waals surface area (Å²) >= 11 is 3.50. The Labute approximate surface area is 168 Å². The molecule has 1 aromatic carbocycles. The molecule has 144 valence electrons. The van der Waals surface area contributed by atoms with Gasteiger partial charge in [0.1, 0.15) is 10.2 Å². The molecule has 0 saturated heterocycles. The van der Waals surface area contributed by atoms with E-state index in [0.717, 1.165) is 59.9 Å². The first-order valence-corrected chi connectivity index (χ1v) is 11.0. The van der Waals surface area contributed by atoms with Crippen LogP contribution >= 0.6 is 23.1 Å². The number of hydrogen-bond acceptors (Lipinski definition) is 5. The normalized spacial score (nSPS) is 11.9. The molecule has 0 atom stereocenters. The van der Waals surface area contributed by atoms with E-state index >= 15 is 0 Å². The van der Waals surface area contributed by atoms with Gasteiger partial charge in [0.2, 0.25) is 0 Å². The van der Waals surface area contributed by atoms with Gasteiger partial charge in [-0.3, -0.25) is 4.99 Å². The number of hydrogen-bond donors (Lipinski definition) is 2. The molecular weight excluding hydrogens is 376 g/mol. The molecule has 0 aliphatic rings. The Bertz CT molecular complexity index is 856. The number of para-hydroxylation sites is 2. The van der Waals surface area contributed by atoms with E-state index in [1.165, 1.54) is 5.52 Å². The maximum absolute atomic E-state index is 4.62. The van der Waals surface area contributed by atoms with Gasteiger partial charge in [0.15, 0.2) is 5.96 Å². The van der Waals surface area contributed by atoms with Crippen molar-refractivity contribution in [2.75, 3.05) is 25.9 Å². The molecule has 0 spiro atoms. The number of imidazole rings is 1. The standard InChI is InChI=1S/C19H26N6S2/c1-15-24-16-7-3-4-8-17(16)25(15)12-5-9-21-18(20-2)22-10-6-13-26-19-23-11-14-27-19/h3-4,7-8,11,14H,5-6,9-10,12-13H2,1-2H3,(H2,20,21,22). The number of benzene rings is 1. The summed E-state index contributed by atoms with van der Waals surface area (Å²) in [5, 5.41) is 8.78. The van der Waals surface area contributed by atoms with E-state index in [2.05, 4.69) is 55.3 Å². The van der Waals surface area contributed by atoms with Crippen molar-refractivity contribution >= 4 is 40.1 Å². The third-order valence-electron chi connectivity index (χ3n) is 4.17. The summed E-state index contributed by atoms with van der Waals surface area (Å²) in [6.45, 7) is 4.79. The highest BCUT2D eigenvalue weighted by Crippen LogP contribution is 2.20. The van der Waals surface area contributed by atoms with Crippen LogP contribution in [0.15, 0.2) is 45.2 Å². The molecule has 0 amide bonds. The number of aryl methyl sites for hydroxylation is 2. The second kappa shape index (κ2) is 10.3. The smallest absolute Gasteiger partial charge is 0.190 e. The summed E-state index contributed by atoms with van der Waals surface area (Å²) in [6, 6.07) is 8.30. The van der Waals surface area contributed by atoms with Crippen molar-refractivity contribution in [1.82, 2.24) is 25.2 Å². The summed E-state index contributed by atoms with van der Waals surface area (Å²) in [4.78, 5) is 13.2. The Kier molecular flexibility index (Phi) is 7.53. The Balaban J connectivity index is 1.34. The maximum Gasteiger partial charge on any atom is 0.190 e. The molecular formula is C19H26N6S2. The molecule has 6 nitrogen and oxygen atoms in total. The highest BCUT2D eigenvalue weighted by molar-refractivity contribution is 8.00. The second-order valence-corrected chi connectivity index (χ2v) is 8.32. The van der Waals surface area contributed by atoms with Crippen LogP contribution in [0.3, 0.4) is 0 Å². The third kappa shape index (κ3) is 5.71. The van der Waals surface area contributed by atoms with Gasteiger partial charge in [0.05, 0.1) is 11.0 Å². The van der Waals surface area contributed by atoms with Crippen LogP contribution in [0.25, 0.3) is 11.0 Å². The highest BCUT2D eigenvalue weighted by Gasteiger charge is 2.06. The van der Waals surface area contributed by atoms with Crippen molar-refractivity contribution in [3.05, 3.63) is 41.7 Å². The summed E-state index contributed by atoms with van der Waals surface area (Å²) in [6.07, 6.45) is 3.94. The number of nitrogens with zero attached hydrogens (tertiary/aromatic N) is 4. The van der Waals surface area contributed by atoms with Crippen molar-refractivity contribution < 1.29 is 0 Å². The van der Waals surface area contributed by atoms with Crippen LogP contribution in [0.4, 0.5) is 0 Å². The number of aliphatic imine (C=N–C) groups is 1. The van der Waals surface area contributed by atoms with Crippen molar-refractivity contribution in [2.24, 2.45) is 4.99 Å². The minimum Gasteiger partial charge on any atom is -0.356 e. The van der Waals surface area contributed by atoms with E-state index in [4.69, 9.17) is 0 Å². The lowest BCUT2D eigenvalue weighted by atomic mass is 10.3. The average molecular weight is 403 g/mol. The summed E-state index contributed by atoms with van der Waals surface area (Å²) in [7, 11) is 1.81. The predicted molar refractivity (Wildman–Crippen MR) is 116 cm³/mol. The SMILES string of the molecule is CN=C(NCCCSc1nccs1)NCCCn1c(C)nc2ccccc21. The van der Waals surface area contributed by atoms with Gasteiger partial charge in [-0.1, -0.05) is 23.9 Å². The molecule has 2 aromatic heterocycles. The van der Waals surface area contributed by atoms with E-state index < -0.39 is 0 Å². The molecule has 3 rings (SSSR count). The van der Waals surface area contributed by atoms with Crippen LogP contribution in [0, 0.1) is 6.92 Å². The van der Waals surface area contributed by atoms with Gasteiger partial charge >= 0.3 is 0 Å². The van der Waals surface area contributed by atoms with Crippen molar-refractivity contribution in [2.45, 2.75) is 30.6 Å². The zero-order valence-corrected chi connectivity index (χ0v) is 17.4. The van der Waals surface area contributed by atoms with Crippen LogP contribution in [0.1, 0.15) is 18.7 Å². The minimum atomic E-state index is 0.862. The fourth-order valence-corrected chi connectivity index (χ4v) is 4.51. The molecule has 27 heavy (non-hydrogen) atoms. The molecule has 8 heteroatoms. The number of fused-ring (bicyclic) bond motifs is 1. The van der Waals surface area contributed by atoms with Gasteiger partial charge in [-0.05, 0) is 31.9 Å². The van der Waals surface area contributed by atoms with Crippen LogP contribution < -0.4 is 10.6 Å². The van der Waals surface area contributed by atoms with E-state index in [0.29, 0.717) is 0 Å². The Morgan fingerprint density at radius 3 is 2.81 bits per heavy atom. The van der Waals surface area contributed by atoms with Gasteiger partial charge in [0.25, 0.3) is 0 Å². The predicted octanol–water partition coefficient (Wildman–Crippen LogP) is 3.54. The van der Waals surface area contributed by atoms with Gasteiger partial charge in [-0.25, -0.2) is 9.97 Å². The zero-order chi connectivity index (χ0) is 18.9. The molecule has 2 N–H and O–H groups in total. The summed E-state index contributed by atoms with van der Waals surface area (Å²) < 4.78 is 3.42. The van der Waals surface area contributed by atoms with Crippen molar-refractivity contribution in [3.63, 3.8) is 0 Å².